The summed E-state index contributed by atoms with van der Waals surface area (Å²) in [7, 11) is 0. The molecule has 1 N–H and O–H groups in total. The van der Waals surface area contributed by atoms with Crippen LogP contribution in [0.2, 0.25) is 5.02 Å². The molecule has 0 aliphatic rings. The Morgan fingerprint density at radius 2 is 2.00 bits per heavy atom. The van der Waals surface area contributed by atoms with Crippen molar-refractivity contribution in [1.29, 1.82) is 0 Å². The molecule has 0 radical (unpaired) electrons. The number of nitrogens with one attached hydrogen (secondary N) is 1. The van der Waals surface area contributed by atoms with E-state index in [0.29, 0.717) is 11.5 Å². The molecule has 2 heteroatoms. The summed E-state index contributed by atoms with van der Waals surface area (Å²) < 4.78 is 0. The Morgan fingerprint density at radius 3 is 2.56 bits per heavy atom. The van der Waals surface area contributed by atoms with Gasteiger partial charge >= 0.3 is 0 Å². The van der Waals surface area contributed by atoms with E-state index in [9.17, 15) is 0 Å². The van der Waals surface area contributed by atoms with Crippen molar-refractivity contribution in [2.75, 3.05) is 6.54 Å². The Bertz CT molecular complexity index is 328. The zero-order valence-corrected chi connectivity index (χ0v) is 11.4. The largest absolute Gasteiger partial charge is 0.310 e. The molecule has 1 aromatic rings. The van der Waals surface area contributed by atoms with Crippen LogP contribution in [-0.2, 0) is 0 Å². The van der Waals surface area contributed by atoms with Gasteiger partial charge in [0.1, 0.15) is 0 Å². The number of rotatable bonds is 4. The van der Waals surface area contributed by atoms with Gasteiger partial charge in [0.25, 0.3) is 0 Å². The molecule has 0 fully saturated rings. The minimum Gasteiger partial charge on any atom is -0.310 e. The van der Waals surface area contributed by atoms with E-state index in [1.54, 1.807) is 0 Å². The first-order chi connectivity index (χ1) is 7.38. The highest BCUT2D eigenvalue weighted by Crippen LogP contribution is 2.20. The van der Waals surface area contributed by atoms with Crippen LogP contribution < -0.4 is 5.32 Å². The van der Waals surface area contributed by atoms with Gasteiger partial charge in [-0.05, 0) is 43.0 Å². The molecule has 16 heavy (non-hydrogen) atoms. The lowest BCUT2D eigenvalue weighted by Crippen LogP contribution is -2.23. The van der Waals surface area contributed by atoms with E-state index in [1.807, 2.05) is 18.2 Å². The molecule has 0 bridgehead atoms. The summed E-state index contributed by atoms with van der Waals surface area (Å²) in [5.41, 5.74) is 1.64. The van der Waals surface area contributed by atoms with Crippen LogP contribution in [0.25, 0.3) is 0 Å². The van der Waals surface area contributed by atoms with Gasteiger partial charge in [-0.15, -0.1) is 0 Å². The van der Waals surface area contributed by atoms with Gasteiger partial charge in [0.05, 0.1) is 0 Å². The number of halogens is 1. The third-order valence-corrected chi connectivity index (χ3v) is 2.91. The molecule has 0 heterocycles. The first-order valence-electron chi connectivity index (χ1n) is 5.87. The Balaban J connectivity index is 2.44. The van der Waals surface area contributed by atoms with Gasteiger partial charge in [-0.25, -0.2) is 0 Å². The maximum Gasteiger partial charge on any atom is 0.0409 e. The predicted molar refractivity (Wildman–Crippen MR) is 71.9 cm³/mol. The van der Waals surface area contributed by atoms with Gasteiger partial charge < -0.3 is 5.32 Å². The molecule has 0 saturated carbocycles. The minimum atomic E-state index is 0.362. The third kappa shape index (κ3) is 5.00. The summed E-state index contributed by atoms with van der Waals surface area (Å²) in [5, 5.41) is 4.33. The van der Waals surface area contributed by atoms with Crippen molar-refractivity contribution in [3.63, 3.8) is 0 Å². The third-order valence-electron chi connectivity index (χ3n) is 2.67. The highest BCUT2D eigenvalue weighted by atomic mass is 35.5. The minimum absolute atomic E-state index is 0.362. The lowest BCUT2D eigenvalue weighted by Gasteiger charge is -2.21. The van der Waals surface area contributed by atoms with Crippen LogP contribution in [0.15, 0.2) is 24.3 Å². The highest BCUT2D eigenvalue weighted by Gasteiger charge is 2.11. The summed E-state index contributed by atoms with van der Waals surface area (Å²) >= 11 is 5.97. The fraction of sp³-hybridized carbons (Fsp3) is 0.571. The van der Waals surface area contributed by atoms with Gasteiger partial charge in [-0.1, -0.05) is 44.5 Å². The molecule has 0 spiro atoms. The van der Waals surface area contributed by atoms with Crippen LogP contribution in [0.4, 0.5) is 0 Å². The van der Waals surface area contributed by atoms with Crippen molar-refractivity contribution in [3.05, 3.63) is 34.9 Å². The molecule has 0 amide bonds. The zero-order chi connectivity index (χ0) is 12.2. The van der Waals surface area contributed by atoms with E-state index in [0.717, 1.165) is 11.6 Å². The van der Waals surface area contributed by atoms with Crippen molar-refractivity contribution in [3.8, 4) is 0 Å². The fourth-order valence-corrected chi connectivity index (χ4v) is 1.76. The fourth-order valence-electron chi connectivity index (χ4n) is 1.56. The first kappa shape index (κ1) is 13.5. The van der Waals surface area contributed by atoms with Gasteiger partial charge in [0.2, 0.25) is 0 Å². The Morgan fingerprint density at radius 1 is 1.31 bits per heavy atom. The molecule has 1 atom stereocenters. The SMILES string of the molecule is C[C@H](NCCC(C)(C)C)c1cccc(Cl)c1. The summed E-state index contributed by atoms with van der Waals surface area (Å²) in [4.78, 5) is 0. The van der Waals surface area contributed by atoms with Crippen molar-refractivity contribution < 1.29 is 0 Å². The topological polar surface area (TPSA) is 12.0 Å². The van der Waals surface area contributed by atoms with E-state index in [4.69, 9.17) is 11.6 Å². The standard InChI is InChI=1S/C14H22ClN/c1-11(16-9-8-14(2,3)4)12-6-5-7-13(15)10-12/h5-7,10-11,16H,8-9H2,1-4H3/t11-/m0/s1. The molecular formula is C14H22ClN. The molecule has 1 aromatic carbocycles. The molecule has 0 aromatic heterocycles. The summed E-state index contributed by atoms with van der Waals surface area (Å²) in [5.74, 6) is 0. The van der Waals surface area contributed by atoms with E-state index in [-0.39, 0.29) is 0 Å². The van der Waals surface area contributed by atoms with Crippen LogP contribution in [0.1, 0.15) is 45.7 Å². The van der Waals surface area contributed by atoms with Gasteiger partial charge in [0, 0.05) is 11.1 Å². The Kier molecular flexibility index (Phi) is 4.82. The van der Waals surface area contributed by atoms with E-state index in [1.165, 1.54) is 12.0 Å². The van der Waals surface area contributed by atoms with Crippen molar-refractivity contribution in [1.82, 2.24) is 5.32 Å². The normalized spacial score (nSPS) is 13.8. The molecule has 90 valence electrons. The summed E-state index contributed by atoms with van der Waals surface area (Å²) in [6, 6.07) is 8.41. The molecule has 0 aliphatic heterocycles. The second-order valence-corrected chi connectivity index (χ2v) is 5.98. The molecule has 1 nitrogen and oxygen atoms in total. The average Bonchev–Trinajstić information content (AvgIpc) is 2.15. The smallest absolute Gasteiger partial charge is 0.0409 e. The molecule has 0 unspecified atom stereocenters. The van der Waals surface area contributed by atoms with Crippen LogP contribution in [-0.4, -0.2) is 6.54 Å². The zero-order valence-electron chi connectivity index (χ0n) is 10.7. The first-order valence-corrected chi connectivity index (χ1v) is 6.25. The van der Waals surface area contributed by atoms with E-state index < -0.39 is 0 Å². The van der Waals surface area contributed by atoms with Crippen LogP contribution in [0, 0.1) is 5.41 Å². The molecule has 0 saturated heterocycles. The predicted octanol–water partition coefficient (Wildman–Crippen LogP) is 4.43. The second-order valence-electron chi connectivity index (χ2n) is 5.54. The van der Waals surface area contributed by atoms with Crippen LogP contribution >= 0.6 is 11.6 Å². The highest BCUT2D eigenvalue weighted by molar-refractivity contribution is 6.30. The Labute approximate surface area is 104 Å². The number of hydrogen-bond donors (Lipinski definition) is 1. The number of hydrogen-bond acceptors (Lipinski definition) is 1. The second kappa shape index (κ2) is 5.70. The van der Waals surface area contributed by atoms with Crippen molar-refractivity contribution in [2.24, 2.45) is 5.41 Å². The van der Waals surface area contributed by atoms with Crippen LogP contribution in [0.5, 0.6) is 0 Å². The van der Waals surface area contributed by atoms with Crippen molar-refractivity contribution in [2.45, 2.75) is 40.2 Å². The van der Waals surface area contributed by atoms with E-state index in [2.05, 4.69) is 39.1 Å². The molecular weight excluding hydrogens is 218 g/mol. The summed E-state index contributed by atoms with van der Waals surface area (Å²) in [6.07, 6.45) is 1.18. The van der Waals surface area contributed by atoms with Gasteiger partial charge in [-0.2, -0.15) is 0 Å². The van der Waals surface area contributed by atoms with Gasteiger partial charge in [0.15, 0.2) is 0 Å². The van der Waals surface area contributed by atoms with Crippen molar-refractivity contribution >= 4 is 11.6 Å². The maximum atomic E-state index is 5.97. The quantitative estimate of drug-likeness (QED) is 0.820. The number of benzene rings is 1. The Hall–Kier alpha value is -0.530. The lowest BCUT2D eigenvalue weighted by molar-refractivity contribution is 0.358. The van der Waals surface area contributed by atoms with Gasteiger partial charge in [-0.3, -0.25) is 0 Å². The average molecular weight is 240 g/mol. The molecule has 0 aliphatic carbocycles. The van der Waals surface area contributed by atoms with Crippen LogP contribution in [0.3, 0.4) is 0 Å². The monoisotopic (exact) mass is 239 g/mol. The lowest BCUT2D eigenvalue weighted by atomic mass is 9.92. The molecule has 1 rings (SSSR count). The maximum absolute atomic E-state index is 5.97. The van der Waals surface area contributed by atoms with E-state index >= 15 is 0 Å². The summed E-state index contributed by atoms with van der Waals surface area (Å²) in [6.45, 7) is 10.0.